The van der Waals surface area contributed by atoms with Gasteiger partial charge in [-0.15, -0.1) is 0 Å². The molecule has 1 unspecified atom stereocenters. The Morgan fingerprint density at radius 1 is 1.24 bits per heavy atom. The highest BCUT2D eigenvalue weighted by atomic mass is 79.9. The number of imidazole rings is 1. The normalized spacial score (nSPS) is 21.7. The number of rotatable bonds is 3. The predicted octanol–water partition coefficient (Wildman–Crippen LogP) is 2.86. The summed E-state index contributed by atoms with van der Waals surface area (Å²) in [6.45, 7) is 0.672. The van der Waals surface area contributed by atoms with Crippen LogP contribution in [0.2, 0.25) is 0 Å². The average molecular weight is 346 g/mol. The Labute approximate surface area is 131 Å². The summed E-state index contributed by atoms with van der Waals surface area (Å²) in [7, 11) is 0. The third-order valence-electron chi connectivity index (χ3n) is 4.07. The second-order valence-electron chi connectivity index (χ2n) is 5.49. The maximum atomic E-state index is 6.14. The molecule has 0 spiro atoms. The Morgan fingerprint density at radius 2 is 2.05 bits per heavy atom. The highest BCUT2D eigenvalue weighted by Crippen LogP contribution is 2.40. The summed E-state index contributed by atoms with van der Waals surface area (Å²) in [5.41, 5.74) is 8.38. The summed E-state index contributed by atoms with van der Waals surface area (Å²) in [6, 6.07) is 8.82. The number of benzene rings is 1. The molecule has 1 atom stereocenters. The first kappa shape index (κ1) is 12.9. The van der Waals surface area contributed by atoms with E-state index in [4.69, 9.17) is 5.73 Å². The minimum Gasteiger partial charge on any atom is -0.369 e. The molecule has 4 rings (SSSR count). The molecule has 1 aliphatic carbocycles. The van der Waals surface area contributed by atoms with E-state index in [9.17, 15) is 0 Å². The van der Waals surface area contributed by atoms with Gasteiger partial charge in [-0.05, 0) is 40.9 Å². The fourth-order valence-electron chi connectivity index (χ4n) is 2.89. The van der Waals surface area contributed by atoms with Gasteiger partial charge in [0.2, 0.25) is 0 Å². The van der Waals surface area contributed by atoms with Crippen molar-refractivity contribution in [1.29, 1.82) is 0 Å². The Kier molecular flexibility index (Phi) is 2.99. The van der Waals surface area contributed by atoms with Gasteiger partial charge >= 0.3 is 0 Å². The minimum absolute atomic E-state index is 0.117. The molecule has 0 amide bonds. The van der Waals surface area contributed by atoms with Crippen LogP contribution in [0.5, 0.6) is 0 Å². The van der Waals surface area contributed by atoms with Gasteiger partial charge in [-0.25, -0.2) is 4.98 Å². The standard InChI is InChI=1S/C15H16BrN5/c16-11-3-1-2-4-12(11)21-14(8-19-15(21)17)13-7-18-9-20(13)10-5-6-10/h1-4,7,9-10,14H,5-6,8H2,(H2,17,19). The molecule has 2 aliphatic rings. The van der Waals surface area contributed by atoms with Crippen LogP contribution in [-0.4, -0.2) is 22.1 Å². The zero-order valence-corrected chi connectivity index (χ0v) is 13.1. The lowest BCUT2D eigenvalue weighted by atomic mass is 10.1. The number of nitrogens with two attached hydrogens (primary N) is 1. The van der Waals surface area contributed by atoms with Gasteiger partial charge in [-0.2, -0.15) is 0 Å². The molecular formula is C15H16BrN5. The van der Waals surface area contributed by atoms with Gasteiger partial charge in [-0.1, -0.05) is 12.1 Å². The summed E-state index contributed by atoms with van der Waals surface area (Å²) in [5.74, 6) is 0.565. The van der Waals surface area contributed by atoms with Crippen molar-refractivity contribution < 1.29 is 0 Å². The van der Waals surface area contributed by atoms with Gasteiger partial charge in [-0.3, -0.25) is 4.99 Å². The van der Waals surface area contributed by atoms with Crippen LogP contribution < -0.4 is 10.6 Å². The molecule has 1 saturated carbocycles. The second kappa shape index (κ2) is 4.87. The van der Waals surface area contributed by atoms with E-state index in [1.807, 2.05) is 30.7 Å². The van der Waals surface area contributed by atoms with Crippen LogP contribution in [-0.2, 0) is 0 Å². The Bertz CT molecular complexity index is 704. The fraction of sp³-hybridized carbons (Fsp3) is 0.333. The quantitative estimate of drug-likeness (QED) is 0.930. The summed E-state index contributed by atoms with van der Waals surface area (Å²) in [5, 5.41) is 0. The van der Waals surface area contributed by atoms with Crippen LogP contribution in [0.25, 0.3) is 0 Å². The van der Waals surface area contributed by atoms with Crippen LogP contribution in [0.3, 0.4) is 0 Å². The van der Waals surface area contributed by atoms with Crippen LogP contribution in [0.15, 0.2) is 46.3 Å². The van der Waals surface area contributed by atoms with Crippen LogP contribution in [0, 0.1) is 0 Å². The van der Waals surface area contributed by atoms with E-state index in [1.54, 1.807) is 0 Å². The van der Waals surface area contributed by atoms with Crippen molar-refractivity contribution in [2.75, 3.05) is 11.4 Å². The van der Waals surface area contributed by atoms with Crippen LogP contribution in [0.1, 0.15) is 30.6 Å². The first-order valence-electron chi connectivity index (χ1n) is 7.11. The van der Waals surface area contributed by atoms with E-state index in [0.717, 1.165) is 10.2 Å². The number of aliphatic imine (C=N–C) groups is 1. The number of nitrogens with zero attached hydrogens (tertiary/aromatic N) is 4. The van der Waals surface area contributed by atoms with E-state index >= 15 is 0 Å². The van der Waals surface area contributed by atoms with E-state index < -0.39 is 0 Å². The predicted molar refractivity (Wildman–Crippen MR) is 86.3 cm³/mol. The molecule has 2 N–H and O–H groups in total. The largest absolute Gasteiger partial charge is 0.369 e. The molecule has 1 aromatic carbocycles. The van der Waals surface area contributed by atoms with E-state index in [-0.39, 0.29) is 6.04 Å². The maximum absolute atomic E-state index is 6.14. The van der Waals surface area contributed by atoms with Crippen molar-refractivity contribution in [2.24, 2.45) is 10.7 Å². The summed E-state index contributed by atoms with van der Waals surface area (Å²) >= 11 is 3.61. The molecule has 21 heavy (non-hydrogen) atoms. The zero-order chi connectivity index (χ0) is 14.4. The smallest absolute Gasteiger partial charge is 0.196 e. The molecule has 0 saturated heterocycles. The number of halogens is 1. The molecule has 0 bridgehead atoms. The maximum Gasteiger partial charge on any atom is 0.196 e. The third kappa shape index (κ3) is 2.14. The average Bonchev–Trinajstić information content (AvgIpc) is 3.09. The molecule has 1 aliphatic heterocycles. The molecule has 1 fully saturated rings. The molecular weight excluding hydrogens is 330 g/mol. The molecule has 2 aromatic rings. The number of hydrogen-bond donors (Lipinski definition) is 1. The van der Waals surface area contributed by atoms with E-state index in [1.165, 1.54) is 18.5 Å². The monoisotopic (exact) mass is 345 g/mol. The van der Waals surface area contributed by atoms with Gasteiger partial charge in [0, 0.05) is 10.5 Å². The molecule has 0 radical (unpaired) electrons. The highest BCUT2D eigenvalue weighted by molar-refractivity contribution is 9.10. The van der Waals surface area contributed by atoms with Gasteiger partial charge in [0.1, 0.15) is 0 Å². The number of hydrogen-bond acceptors (Lipinski definition) is 4. The topological polar surface area (TPSA) is 59.4 Å². The lowest BCUT2D eigenvalue weighted by Gasteiger charge is -2.27. The lowest BCUT2D eigenvalue weighted by Crippen LogP contribution is -2.37. The molecule has 1 aromatic heterocycles. The van der Waals surface area contributed by atoms with Crippen LogP contribution >= 0.6 is 15.9 Å². The second-order valence-corrected chi connectivity index (χ2v) is 6.35. The fourth-order valence-corrected chi connectivity index (χ4v) is 3.37. The summed E-state index contributed by atoms with van der Waals surface area (Å²) in [6.07, 6.45) is 6.35. The van der Waals surface area contributed by atoms with Crippen molar-refractivity contribution in [3.8, 4) is 0 Å². The van der Waals surface area contributed by atoms with Gasteiger partial charge < -0.3 is 15.2 Å². The first-order chi connectivity index (χ1) is 10.3. The molecule has 6 heteroatoms. The molecule has 5 nitrogen and oxygen atoms in total. The van der Waals surface area contributed by atoms with Crippen LogP contribution in [0.4, 0.5) is 5.69 Å². The highest BCUT2D eigenvalue weighted by Gasteiger charge is 2.35. The molecule has 2 heterocycles. The number of para-hydroxylation sites is 1. The van der Waals surface area contributed by atoms with Crippen molar-refractivity contribution in [2.45, 2.75) is 24.9 Å². The van der Waals surface area contributed by atoms with Crippen molar-refractivity contribution in [3.63, 3.8) is 0 Å². The van der Waals surface area contributed by atoms with Crippen molar-refractivity contribution in [3.05, 3.63) is 47.0 Å². The number of guanidine groups is 1. The Balaban J connectivity index is 1.75. The zero-order valence-electron chi connectivity index (χ0n) is 11.5. The lowest BCUT2D eigenvalue weighted by molar-refractivity contribution is 0.632. The van der Waals surface area contributed by atoms with Crippen molar-refractivity contribution in [1.82, 2.24) is 9.55 Å². The number of aromatic nitrogens is 2. The Hall–Kier alpha value is -1.82. The Morgan fingerprint density at radius 3 is 2.81 bits per heavy atom. The van der Waals surface area contributed by atoms with Gasteiger partial charge in [0.25, 0.3) is 0 Å². The van der Waals surface area contributed by atoms with Crippen molar-refractivity contribution >= 4 is 27.6 Å². The first-order valence-corrected chi connectivity index (χ1v) is 7.90. The van der Waals surface area contributed by atoms with Gasteiger partial charge in [0.15, 0.2) is 5.96 Å². The summed E-state index contributed by atoms with van der Waals surface area (Å²) in [4.78, 5) is 10.9. The van der Waals surface area contributed by atoms with E-state index in [2.05, 4.69) is 41.4 Å². The number of anilines is 1. The SMILES string of the molecule is NC1=NCC(c2cncn2C2CC2)N1c1ccccc1Br. The third-order valence-corrected chi connectivity index (χ3v) is 4.74. The summed E-state index contributed by atoms with van der Waals surface area (Å²) < 4.78 is 3.30. The minimum atomic E-state index is 0.117. The van der Waals surface area contributed by atoms with Gasteiger partial charge in [0.05, 0.1) is 36.5 Å². The molecule has 108 valence electrons. The van der Waals surface area contributed by atoms with E-state index in [0.29, 0.717) is 18.5 Å².